The molecule has 1 rings (SSSR count). The van der Waals surface area contributed by atoms with Crippen LogP contribution in [0.4, 0.5) is 11.4 Å². The van der Waals surface area contributed by atoms with E-state index in [1.165, 1.54) is 0 Å². The van der Waals surface area contributed by atoms with Crippen molar-refractivity contribution in [2.24, 2.45) is 0 Å². The van der Waals surface area contributed by atoms with Crippen LogP contribution < -0.4 is 15.5 Å². The summed E-state index contributed by atoms with van der Waals surface area (Å²) >= 11 is 0. The van der Waals surface area contributed by atoms with Gasteiger partial charge >= 0.3 is 0 Å². The van der Waals surface area contributed by atoms with E-state index in [4.69, 9.17) is 4.74 Å². The molecule has 0 unspecified atom stereocenters. The topological polar surface area (TPSA) is 53.6 Å². The molecule has 0 aliphatic carbocycles. The summed E-state index contributed by atoms with van der Waals surface area (Å²) in [5.41, 5.74) is 2.06. The van der Waals surface area contributed by atoms with Crippen molar-refractivity contribution in [2.45, 2.75) is 0 Å². The number of carbonyl (C=O) groups excluding carboxylic acids is 1. The Morgan fingerprint density at radius 3 is 2.50 bits per heavy atom. The Morgan fingerprint density at radius 2 is 1.94 bits per heavy atom. The van der Waals surface area contributed by atoms with Crippen molar-refractivity contribution in [3.63, 3.8) is 0 Å². The van der Waals surface area contributed by atoms with Gasteiger partial charge in [0.05, 0.1) is 13.2 Å². The Kier molecular flexibility index (Phi) is 6.00. The second kappa shape index (κ2) is 7.55. The number of rotatable bonds is 7. The first-order valence-corrected chi connectivity index (χ1v) is 5.90. The Labute approximate surface area is 108 Å². The molecular weight excluding hydrogens is 230 g/mol. The number of nitrogens with zero attached hydrogens (tertiary/aromatic N) is 1. The van der Waals surface area contributed by atoms with Crippen LogP contribution >= 0.6 is 0 Å². The van der Waals surface area contributed by atoms with Crippen molar-refractivity contribution < 1.29 is 9.53 Å². The summed E-state index contributed by atoms with van der Waals surface area (Å²) in [5.74, 6) is -0.0382. The quantitative estimate of drug-likeness (QED) is 0.708. The molecule has 0 saturated heterocycles. The molecule has 1 aromatic rings. The summed E-state index contributed by atoms with van der Waals surface area (Å²) in [6, 6.07) is 7.92. The largest absolute Gasteiger partial charge is 0.383 e. The average Bonchev–Trinajstić information content (AvgIpc) is 2.37. The number of hydrogen-bond acceptors (Lipinski definition) is 4. The van der Waals surface area contributed by atoms with Gasteiger partial charge in [0, 0.05) is 39.1 Å². The zero-order chi connectivity index (χ0) is 13.4. The maximum atomic E-state index is 11.4. The Morgan fingerprint density at radius 1 is 1.28 bits per heavy atom. The van der Waals surface area contributed by atoms with Crippen molar-refractivity contribution >= 4 is 17.3 Å². The summed E-state index contributed by atoms with van der Waals surface area (Å²) in [7, 11) is 5.59. The minimum atomic E-state index is -0.0382. The number of nitrogens with one attached hydrogen (secondary N) is 2. The normalized spacial score (nSPS) is 9.94. The predicted molar refractivity (Wildman–Crippen MR) is 74.1 cm³/mol. The van der Waals surface area contributed by atoms with Gasteiger partial charge in [0.25, 0.3) is 0 Å². The Balaban J connectivity index is 2.32. The number of amides is 1. The monoisotopic (exact) mass is 251 g/mol. The third-order valence-electron chi connectivity index (χ3n) is 2.47. The van der Waals surface area contributed by atoms with Gasteiger partial charge in [-0.2, -0.15) is 0 Å². The number of anilines is 2. The number of methoxy groups -OCH3 is 1. The summed E-state index contributed by atoms with van der Waals surface area (Å²) in [5, 5.41) is 5.81. The predicted octanol–water partition coefficient (Wildman–Crippen LogP) is 0.927. The SMILES string of the molecule is COCCNC(=O)CNc1ccc(N(C)C)cc1. The first-order valence-electron chi connectivity index (χ1n) is 5.90. The maximum absolute atomic E-state index is 11.4. The minimum absolute atomic E-state index is 0.0382. The fourth-order valence-corrected chi connectivity index (χ4v) is 1.41. The van der Waals surface area contributed by atoms with E-state index in [1.807, 2.05) is 43.3 Å². The molecule has 100 valence electrons. The highest BCUT2D eigenvalue weighted by molar-refractivity contribution is 5.80. The second-order valence-electron chi connectivity index (χ2n) is 4.14. The van der Waals surface area contributed by atoms with Crippen molar-refractivity contribution in [2.75, 3.05) is 51.1 Å². The lowest BCUT2D eigenvalue weighted by molar-refractivity contribution is -0.119. The molecule has 0 aliphatic heterocycles. The fraction of sp³-hybridized carbons (Fsp3) is 0.462. The summed E-state index contributed by atoms with van der Waals surface area (Å²) in [6.07, 6.45) is 0. The van der Waals surface area contributed by atoms with E-state index in [0.29, 0.717) is 13.2 Å². The molecule has 5 heteroatoms. The molecule has 0 saturated carbocycles. The number of ether oxygens (including phenoxy) is 1. The first-order chi connectivity index (χ1) is 8.63. The van der Waals surface area contributed by atoms with Crippen LogP contribution in [0.2, 0.25) is 0 Å². The lowest BCUT2D eigenvalue weighted by Crippen LogP contribution is -2.32. The smallest absolute Gasteiger partial charge is 0.239 e. The molecule has 0 bridgehead atoms. The van der Waals surface area contributed by atoms with Gasteiger partial charge in [0.1, 0.15) is 0 Å². The van der Waals surface area contributed by atoms with Crippen LogP contribution in [0.5, 0.6) is 0 Å². The van der Waals surface area contributed by atoms with Crippen molar-refractivity contribution in [3.05, 3.63) is 24.3 Å². The van der Waals surface area contributed by atoms with Crippen LogP contribution in [0.1, 0.15) is 0 Å². The van der Waals surface area contributed by atoms with E-state index < -0.39 is 0 Å². The van der Waals surface area contributed by atoms with Gasteiger partial charge in [-0.15, -0.1) is 0 Å². The average molecular weight is 251 g/mol. The van der Waals surface area contributed by atoms with Gasteiger partial charge in [-0.1, -0.05) is 0 Å². The van der Waals surface area contributed by atoms with Gasteiger partial charge in [-0.05, 0) is 24.3 Å². The molecule has 0 heterocycles. The van der Waals surface area contributed by atoms with Gasteiger partial charge in [-0.25, -0.2) is 0 Å². The Hall–Kier alpha value is -1.75. The van der Waals surface area contributed by atoms with Crippen LogP contribution in [0.25, 0.3) is 0 Å². The van der Waals surface area contributed by atoms with Crippen LogP contribution in [0, 0.1) is 0 Å². The van der Waals surface area contributed by atoms with Crippen molar-refractivity contribution in [3.8, 4) is 0 Å². The van der Waals surface area contributed by atoms with E-state index in [0.717, 1.165) is 11.4 Å². The zero-order valence-corrected chi connectivity index (χ0v) is 11.2. The summed E-state index contributed by atoms with van der Waals surface area (Å²) in [6.45, 7) is 1.34. The molecule has 0 aliphatic rings. The van der Waals surface area contributed by atoms with E-state index >= 15 is 0 Å². The second-order valence-corrected chi connectivity index (χ2v) is 4.14. The van der Waals surface area contributed by atoms with Crippen molar-refractivity contribution in [1.29, 1.82) is 0 Å². The fourth-order valence-electron chi connectivity index (χ4n) is 1.41. The van der Waals surface area contributed by atoms with E-state index in [9.17, 15) is 4.79 Å². The highest BCUT2D eigenvalue weighted by Gasteiger charge is 2.00. The number of benzene rings is 1. The van der Waals surface area contributed by atoms with E-state index in [1.54, 1.807) is 7.11 Å². The summed E-state index contributed by atoms with van der Waals surface area (Å²) in [4.78, 5) is 13.5. The number of hydrogen-bond donors (Lipinski definition) is 2. The highest BCUT2D eigenvalue weighted by Crippen LogP contribution is 2.15. The molecular formula is C13H21N3O2. The molecule has 1 aromatic carbocycles. The molecule has 2 N–H and O–H groups in total. The molecule has 0 aromatic heterocycles. The molecule has 0 radical (unpaired) electrons. The van der Waals surface area contributed by atoms with Crippen molar-refractivity contribution in [1.82, 2.24) is 5.32 Å². The third-order valence-corrected chi connectivity index (χ3v) is 2.47. The van der Waals surface area contributed by atoms with E-state index in [2.05, 4.69) is 10.6 Å². The standard InChI is InChI=1S/C13H21N3O2/c1-16(2)12-6-4-11(5-7-12)15-10-13(17)14-8-9-18-3/h4-7,15H,8-10H2,1-3H3,(H,14,17). The first kappa shape index (κ1) is 14.3. The lowest BCUT2D eigenvalue weighted by Gasteiger charge is -2.13. The summed E-state index contributed by atoms with van der Waals surface area (Å²) < 4.78 is 4.85. The van der Waals surface area contributed by atoms with Crippen LogP contribution in [-0.4, -0.2) is 46.8 Å². The lowest BCUT2D eigenvalue weighted by atomic mass is 10.2. The van der Waals surface area contributed by atoms with Gasteiger partial charge in [0.15, 0.2) is 0 Å². The molecule has 0 atom stereocenters. The van der Waals surface area contributed by atoms with Crippen LogP contribution in [0.3, 0.4) is 0 Å². The molecule has 0 fully saturated rings. The van der Waals surface area contributed by atoms with Gasteiger partial charge < -0.3 is 20.3 Å². The maximum Gasteiger partial charge on any atom is 0.239 e. The Bertz CT molecular complexity index is 363. The van der Waals surface area contributed by atoms with Gasteiger partial charge in [0.2, 0.25) is 5.91 Å². The molecule has 1 amide bonds. The highest BCUT2D eigenvalue weighted by atomic mass is 16.5. The van der Waals surface area contributed by atoms with Crippen LogP contribution in [0.15, 0.2) is 24.3 Å². The molecule has 5 nitrogen and oxygen atoms in total. The number of carbonyl (C=O) groups is 1. The van der Waals surface area contributed by atoms with Gasteiger partial charge in [-0.3, -0.25) is 4.79 Å². The minimum Gasteiger partial charge on any atom is -0.383 e. The zero-order valence-electron chi connectivity index (χ0n) is 11.2. The van der Waals surface area contributed by atoms with E-state index in [-0.39, 0.29) is 12.5 Å². The molecule has 18 heavy (non-hydrogen) atoms. The molecule has 0 spiro atoms. The van der Waals surface area contributed by atoms with Crippen LogP contribution in [-0.2, 0) is 9.53 Å². The third kappa shape index (κ3) is 5.05.